The molecule has 0 unspecified atom stereocenters. The fourth-order valence-corrected chi connectivity index (χ4v) is 4.14. The Labute approximate surface area is 194 Å². The molecule has 2 aromatic heterocycles. The molecule has 0 saturated carbocycles. The highest BCUT2D eigenvalue weighted by atomic mass is 35.5. The van der Waals surface area contributed by atoms with Gasteiger partial charge in [0.15, 0.2) is 16.7 Å². The quantitative estimate of drug-likeness (QED) is 0.198. The van der Waals surface area contributed by atoms with Crippen LogP contribution in [0.25, 0.3) is 11.0 Å². The van der Waals surface area contributed by atoms with Crippen molar-refractivity contribution in [3.8, 4) is 5.75 Å². The summed E-state index contributed by atoms with van der Waals surface area (Å²) in [4.78, 5) is 21.7. The predicted molar refractivity (Wildman–Crippen MR) is 125 cm³/mol. The minimum atomic E-state index is -0.398. The van der Waals surface area contributed by atoms with Crippen molar-refractivity contribution in [3.63, 3.8) is 0 Å². The Kier molecular flexibility index (Phi) is 7.26. The number of carbonyl (C=O) groups is 1. The third-order valence-corrected chi connectivity index (χ3v) is 5.74. The third-order valence-electron chi connectivity index (χ3n) is 4.54. The van der Waals surface area contributed by atoms with Gasteiger partial charge in [0.05, 0.1) is 17.3 Å². The number of carbonyl (C=O) groups excluding carboxylic acids is 1. The Morgan fingerprint density at radius 2 is 1.91 bits per heavy atom. The Bertz CT molecular complexity index is 1220. The minimum absolute atomic E-state index is 0.220. The van der Waals surface area contributed by atoms with E-state index in [4.69, 9.17) is 25.5 Å². The van der Waals surface area contributed by atoms with Gasteiger partial charge in [-0.2, -0.15) is 0 Å². The highest BCUT2D eigenvalue weighted by Gasteiger charge is 2.22. The van der Waals surface area contributed by atoms with Gasteiger partial charge in [-0.1, -0.05) is 47.6 Å². The van der Waals surface area contributed by atoms with E-state index in [1.54, 1.807) is 43.8 Å². The first-order valence-corrected chi connectivity index (χ1v) is 11.2. The Morgan fingerprint density at radius 3 is 2.72 bits per heavy atom. The number of para-hydroxylation sites is 2. The lowest BCUT2D eigenvalue weighted by atomic mass is 10.1. The van der Waals surface area contributed by atoms with Crippen LogP contribution in [-0.4, -0.2) is 36.2 Å². The van der Waals surface area contributed by atoms with Gasteiger partial charge in [0.1, 0.15) is 12.2 Å². The first-order valence-electron chi connectivity index (χ1n) is 9.79. The SMILES string of the molecule is COCCOc1c(Cl)cccc1NC(=O)c1oc2ccccc2c1CSc1ncccn1. The molecule has 2 aromatic carbocycles. The van der Waals surface area contributed by atoms with E-state index in [1.165, 1.54) is 11.8 Å². The van der Waals surface area contributed by atoms with Crippen LogP contribution in [-0.2, 0) is 10.5 Å². The summed E-state index contributed by atoms with van der Waals surface area (Å²) in [6.45, 7) is 0.692. The van der Waals surface area contributed by atoms with Crippen molar-refractivity contribution in [1.82, 2.24) is 9.97 Å². The maximum Gasteiger partial charge on any atom is 0.291 e. The molecule has 0 aliphatic rings. The normalized spacial score (nSPS) is 10.9. The standard InChI is InChI=1S/C23H20ClN3O4S/c1-29-12-13-30-21-17(24)7-4-8-18(21)27-22(28)20-16(14-32-23-25-10-5-11-26-23)15-6-2-3-9-19(15)31-20/h2-11H,12-14H2,1H3,(H,27,28). The molecule has 2 heterocycles. The highest BCUT2D eigenvalue weighted by molar-refractivity contribution is 7.98. The van der Waals surface area contributed by atoms with Gasteiger partial charge in [0.2, 0.25) is 0 Å². The maximum absolute atomic E-state index is 13.2. The summed E-state index contributed by atoms with van der Waals surface area (Å²) in [5.74, 6) is 0.669. The number of thioether (sulfide) groups is 1. The van der Waals surface area contributed by atoms with Crippen molar-refractivity contribution in [1.29, 1.82) is 0 Å². The molecule has 0 atom stereocenters. The number of hydrogen-bond donors (Lipinski definition) is 1. The van der Waals surface area contributed by atoms with Gasteiger partial charge in [0, 0.05) is 36.2 Å². The minimum Gasteiger partial charge on any atom is -0.487 e. The lowest BCUT2D eigenvalue weighted by Gasteiger charge is -2.13. The second-order valence-electron chi connectivity index (χ2n) is 6.64. The van der Waals surface area contributed by atoms with E-state index in [0.717, 1.165) is 10.9 Å². The van der Waals surface area contributed by atoms with Gasteiger partial charge in [-0.05, 0) is 24.3 Å². The summed E-state index contributed by atoms with van der Waals surface area (Å²) in [5, 5.41) is 4.74. The largest absolute Gasteiger partial charge is 0.487 e. The maximum atomic E-state index is 13.2. The highest BCUT2D eigenvalue weighted by Crippen LogP contribution is 2.35. The number of hydrogen-bond acceptors (Lipinski definition) is 7. The molecule has 0 saturated heterocycles. The number of fused-ring (bicyclic) bond motifs is 1. The van der Waals surface area contributed by atoms with E-state index >= 15 is 0 Å². The number of nitrogens with one attached hydrogen (secondary N) is 1. The Balaban J connectivity index is 1.62. The lowest BCUT2D eigenvalue weighted by molar-refractivity contribution is 0.0997. The van der Waals surface area contributed by atoms with Crippen LogP contribution in [0.15, 0.2) is 70.5 Å². The molecule has 164 valence electrons. The molecule has 0 aliphatic heterocycles. The van der Waals surface area contributed by atoms with Gasteiger partial charge in [-0.25, -0.2) is 9.97 Å². The topological polar surface area (TPSA) is 86.5 Å². The predicted octanol–water partition coefficient (Wildman–Crippen LogP) is 5.45. The van der Waals surface area contributed by atoms with Crippen molar-refractivity contribution in [2.45, 2.75) is 10.9 Å². The van der Waals surface area contributed by atoms with Crippen LogP contribution in [0.1, 0.15) is 16.1 Å². The van der Waals surface area contributed by atoms with Crippen LogP contribution in [0.5, 0.6) is 5.75 Å². The molecule has 0 radical (unpaired) electrons. The van der Waals surface area contributed by atoms with Crippen LogP contribution in [0.3, 0.4) is 0 Å². The number of benzene rings is 2. The fraction of sp³-hybridized carbons (Fsp3) is 0.174. The van der Waals surface area contributed by atoms with Gasteiger partial charge < -0.3 is 19.2 Å². The number of aromatic nitrogens is 2. The molecule has 0 fully saturated rings. The van der Waals surface area contributed by atoms with Crippen LogP contribution in [0.2, 0.25) is 5.02 Å². The molecular formula is C23H20ClN3O4S. The van der Waals surface area contributed by atoms with Crippen LogP contribution in [0, 0.1) is 0 Å². The number of methoxy groups -OCH3 is 1. The van der Waals surface area contributed by atoms with Crippen molar-refractivity contribution < 1.29 is 18.7 Å². The molecule has 0 aliphatic carbocycles. The Hall–Kier alpha value is -3.07. The molecule has 0 spiro atoms. The monoisotopic (exact) mass is 469 g/mol. The van der Waals surface area contributed by atoms with Crippen molar-refractivity contribution in [2.75, 3.05) is 25.6 Å². The molecule has 1 amide bonds. The third kappa shape index (κ3) is 5.04. The van der Waals surface area contributed by atoms with Crippen LogP contribution in [0.4, 0.5) is 5.69 Å². The van der Waals surface area contributed by atoms with Gasteiger partial charge in [0.25, 0.3) is 5.91 Å². The van der Waals surface area contributed by atoms with E-state index < -0.39 is 5.91 Å². The molecule has 1 N–H and O–H groups in total. The fourth-order valence-electron chi connectivity index (χ4n) is 3.08. The summed E-state index contributed by atoms with van der Waals surface area (Å²) in [6, 6.07) is 14.4. The molecule has 32 heavy (non-hydrogen) atoms. The van der Waals surface area contributed by atoms with Gasteiger partial charge in [-0.15, -0.1) is 0 Å². The number of rotatable bonds is 9. The molecule has 9 heteroatoms. The molecular weight excluding hydrogens is 450 g/mol. The van der Waals surface area contributed by atoms with Crippen molar-refractivity contribution in [3.05, 3.63) is 77.3 Å². The average molecular weight is 470 g/mol. The van der Waals surface area contributed by atoms with E-state index in [0.29, 0.717) is 46.2 Å². The summed E-state index contributed by atoms with van der Waals surface area (Å²) < 4.78 is 16.7. The molecule has 7 nitrogen and oxygen atoms in total. The van der Waals surface area contributed by atoms with E-state index in [1.807, 2.05) is 24.3 Å². The van der Waals surface area contributed by atoms with E-state index in [2.05, 4.69) is 15.3 Å². The summed E-state index contributed by atoms with van der Waals surface area (Å²) in [5.41, 5.74) is 1.84. The first-order chi connectivity index (χ1) is 15.7. The first kappa shape index (κ1) is 22.1. The van der Waals surface area contributed by atoms with Gasteiger partial charge >= 0.3 is 0 Å². The van der Waals surface area contributed by atoms with Crippen LogP contribution >= 0.6 is 23.4 Å². The van der Waals surface area contributed by atoms with Crippen molar-refractivity contribution >= 4 is 45.9 Å². The number of ether oxygens (including phenoxy) is 2. The zero-order valence-corrected chi connectivity index (χ0v) is 18.8. The number of nitrogens with zero attached hydrogens (tertiary/aromatic N) is 2. The van der Waals surface area contributed by atoms with E-state index in [9.17, 15) is 4.79 Å². The summed E-state index contributed by atoms with van der Waals surface area (Å²) in [7, 11) is 1.58. The molecule has 4 rings (SSSR count). The number of amides is 1. The second-order valence-corrected chi connectivity index (χ2v) is 7.99. The smallest absolute Gasteiger partial charge is 0.291 e. The summed E-state index contributed by atoms with van der Waals surface area (Å²) in [6.07, 6.45) is 3.36. The van der Waals surface area contributed by atoms with Crippen molar-refractivity contribution in [2.24, 2.45) is 0 Å². The van der Waals surface area contributed by atoms with Crippen LogP contribution < -0.4 is 10.1 Å². The second kappa shape index (κ2) is 10.5. The van der Waals surface area contributed by atoms with Gasteiger partial charge in [-0.3, -0.25) is 4.79 Å². The molecule has 0 bridgehead atoms. The number of halogens is 1. The zero-order chi connectivity index (χ0) is 22.3. The Morgan fingerprint density at radius 1 is 1.09 bits per heavy atom. The average Bonchev–Trinajstić information content (AvgIpc) is 3.19. The zero-order valence-electron chi connectivity index (χ0n) is 17.2. The number of furan rings is 1. The summed E-state index contributed by atoms with van der Waals surface area (Å²) >= 11 is 7.72. The lowest BCUT2D eigenvalue weighted by Crippen LogP contribution is -2.15. The van der Waals surface area contributed by atoms with E-state index in [-0.39, 0.29) is 5.76 Å². The molecule has 4 aromatic rings. The number of anilines is 1.